The number of rotatable bonds is 12. The Hall–Kier alpha value is -2.80. The van der Waals surface area contributed by atoms with Gasteiger partial charge >= 0.3 is 7.82 Å². The van der Waals surface area contributed by atoms with Crippen molar-refractivity contribution >= 4 is 24.9 Å². The lowest BCUT2D eigenvalue weighted by Gasteiger charge is -2.27. The minimum absolute atomic E-state index is 0.121. The summed E-state index contributed by atoms with van der Waals surface area (Å²) < 4.78 is 23.6. The Morgan fingerprint density at radius 2 is 1.65 bits per heavy atom. The highest BCUT2D eigenvalue weighted by atomic mass is 31.2. The van der Waals surface area contributed by atoms with Crippen molar-refractivity contribution in [3.8, 4) is 0 Å². The molecule has 0 radical (unpaired) electrons. The molecule has 1 unspecified atom stereocenters. The number of nitrogens with zero attached hydrogens (tertiary/aromatic N) is 2. The maximum absolute atomic E-state index is 11.7. The van der Waals surface area contributed by atoms with Gasteiger partial charge in [0.1, 0.15) is 0 Å². The first-order valence-electron chi connectivity index (χ1n) is 13.9. The minimum atomic E-state index is -3.99. The number of phosphoric ester groups is 1. The molecule has 7 nitrogen and oxygen atoms in total. The first-order chi connectivity index (χ1) is 19.0. The molecule has 0 spiro atoms. The molecule has 2 N–H and O–H groups in total. The van der Waals surface area contributed by atoms with Gasteiger partial charge in [-0.1, -0.05) is 68.5 Å². The molecule has 0 saturated heterocycles. The van der Waals surface area contributed by atoms with E-state index in [0.717, 1.165) is 17.9 Å². The third kappa shape index (κ3) is 6.09. The number of allylic oxidation sites excluding steroid dienone is 6. The van der Waals surface area contributed by atoms with Crippen LogP contribution in [0.25, 0.3) is 0 Å². The van der Waals surface area contributed by atoms with Crippen molar-refractivity contribution in [2.75, 3.05) is 38.3 Å². The largest absolute Gasteiger partial charge is 0.471 e. The summed E-state index contributed by atoms with van der Waals surface area (Å²) in [6, 6.07) is 16.9. The Morgan fingerprint density at radius 1 is 0.950 bits per heavy atom. The van der Waals surface area contributed by atoms with Crippen LogP contribution in [0, 0.1) is 0 Å². The molecule has 0 fully saturated rings. The molecule has 0 aliphatic carbocycles. The standard InChI is InChI=1S/C32H41N2O5P/c1-31(2)25-15-9-11-17-27(25)33(21-13-23-35)29(31)19-7-6-8-20-30-32(3,4)26-16-10-12-18-28(26)34(30)22-14-24-39-40(36,37)38-5/h6-12,15-20,35H,13-14,21-24H2,1-5H3/p+1. The molecule has 2 aliphatic heterocycles. The van der Waals surface area contributed by atoms with Gasteiger partial charge in [-0.05, 0) is 38.0 Å². The van der Waals surface area contributed by atoms with Crippen molar-refractivity contribution in [1.82, 2.24) is 0 Å². The lowest BCUT2D eigenvalue weighted by Crippen LogP contribution is -2.28. The fourth-order valence-electron chi connectivity index (χ4n) is 5.81. The SMILES string of the molecule is COP(=O)(O)OCCCN1/C(=C/C=C/C=C/C2=[N+](CCCO)c3ccccc3C2(C)C)C(C)(C)c2ccccc21. The molecule has 2 aromatic rings. The van der Waals surface area contributed by atoms with Gasteiger partial charge in [0.15, 0.2) is 12.3 Å². The van der Waals surface area contributed by atoms with E-state index in [1.165, 1.54) is 29.6 Å². The van der Waals surface area contributed by atoms with Crippen molar-refractivity contribution in [2.24, 2.45) is 0 Å². The third-order valence-corrected chi connectivity index (χ3v) is 8.85. The molecule has 4 rings (SSSR count). The number of hydrogen-bond donors (Lipinski definition) is 2. The lowest BCUT2D eigenvalue weighted by molar-refractivity contribution is -0.438. The van der Waals surface area contributed by atoms with Crippen molar-refractivity contribution in [3.63, 3.8) is 0 Å². The number of aliphatic hydroxyl groups is 1. The molecule has 2 heterocycles. The van der Waals surface area contributed by atoms with Crippen LogP contribution in [0.5, 0.6) is 0 Å². The fourth-order valence-corrected chi connectivity index (χ4v) is 6.27. The summed E-state index contributed by atoms with van der Waals surface area (Å²) in [6.45, 7) is 10.6. The molecule has 0 amide bonds. The summed E-state index contributed by atoms with van der Waals surface area (Å²) in [5.74, 6) is 0. The Morgan fingerprint density at radius 3 is 2.38 bits per heavy atom. The molecule has 40 heavy (non-hydrogen) atoms. The van der Waals surface area contributed by atoms with E-state index in [1.807, 2.05) is 6.07 Å². The first-order valence-corrected chi connectivity index (χ1v) is 15.3. The number of fused-ring (bicyclic) bond motifs is 2. The van der Waals surface area contributed by atoms with E-state index in [4.69, 9.17) is 4.52 Å². The zero-order chi connectivity index (χ0) is 29.0. The maximum Gasteiger partial charge on any atom is 0.471 e. The number of hydrogen-bond acceptors (Lipinski definition) is 5. The van der Waals surface area contributed by atoms with Crippen molar-refractivity contribution in [3.05, 3.63) is 95.7 Å². The number of anilines is 1. The summed E-state index contributed by atoms with van der Waals surface area (Å²) in [4.78, 5) is 11.8. The molecule has 0 saturated carbocycles. The van der Waals surface area contributed by atoms with Crippen molar-refractivity contribution in [2.45, 2.75) is 51.4 Å². The van der Waals surface area contributed by atoms with Gasteiger partial charge in [0.2, 0.25) is 5.69 Å². The zero-order valence-electron chi connectivity index (χ0n) is 24.2. The Kier molecular flexibility index (Phi) is 9.33. The molecule has 2 aromatic carbocycles. The number of benzene rings is 2. The number of phosphoric acid groups is 1. The van der Waals surface area contributed by atoms with E-state index < -0.39 is 7.82 Å². The molecule has 0 aromatic heterocycles. The Bertz CT molecular complexity index is 1390. The highest BCUT2D eigenvalue weighted by Crippen LogP contribution is 2.48. The van der Waals surface area contributed by atoms with E-state index in [9.17, 15) is 14.6 Å². The minimum Gasteiger partial charge on any atom is -0.396 e. The van der Waals surface area contributed by atoms with Gasteiger partial charge in [0.05, 0.1) is 12.0 Å². The molecule has 1 atom stereocenters. The highest BCUT2D eigenvalue weighted by molar-refractivity contribution is 7.47. The maximum atomic E-state index is 11.7. The zero-order valence-corrected chi connectivity index (χ0v) is 25.1. The van der Waals surface area contributed by atoms with E-state index >= 15 is 0 Å². The smallest absolute Gasteiger partial charge is 0.396 e. The van der Waals surface area contributed by atoms with Crippen LogP contribution in [0.4, 0.5) is 11.4 Å². The van der Waals surface area contributed by atoms with Crippen LogP contribution in [0.3, 0.4) is 0 Å². The summed E-state index contributed by atoms with van der Waals surface area (Å²) >= 11 is 0. The van der Waals surface area contributed by atoms with Crippen LogP contribution in [0.15, 0.2) is 84.6 Å². The molecule has 8 heteroatoms. The van der Waals surface area contributed by atoms with E-state index in [1.54, 1.807) is 0 Å². The van der Waals surface area contributed by atoms with Crippen LogP contribution >= 0.6 is 7.82 Å². The number of aliphatic hydroxyl groups excluding tert-OH is 1. The number of para-hydroxylation sites is 2. The molecule has 2 aliphatic rings. The van der Waals surface area contributed by atoms with Crippen LogP contribution in [-0.4, -0.2) is 53.7 Å². The average molecular weight is 566 g/mol. The first kappa shape index (κ1) is 30.2. The highest BCUT2D eigenvalue weighted by Gasteiger charge is 2.43. The van der Waals surface area contributed by atoms with Gasteiger partial charge < -0.3 is 14.9 Å². The average Bonchev–Trinajstić information content (AvgIpc) is 3.28. The fraction of sp³-hybridized carbons (Fsp3) is 0.406. The monoisotopic (exact) mass is 565 g/mol. The van der Waals surface area contributed by atoms with Gasteiger partial charge in [0.25, 0.3) is 0 Å². The normalized spacial score (nSPS) is 20.1. The Balaban J connectivity index is 1.56. The van der Waals surface area contributed by atoms with Crippen LogP contribution in [0.1, 0.15) is 51.7 Å². The van der Waals surface area contributed by atoms with Gasteiger partial charge in [-0.15, -0.1) is 0 Å². The summed E-state index contributed by atoms with van der Waals surface area (Å²) in [6.07, 6.45) is 11.8. The van der Waals surface area contributed by atoms with Gasteiger partial charge in [-0.25, -0.2) is 4.57 Å². The van der Waals surface area contributed by atoms with E-state index in [-0.39, 0.29) is 24.0 Å². The van der Waals surface area contributed by atoms with E-state index in [2.05, 4.69) is 115 Å². The van der Waals surface area contributed by atoms with Crippen LogP contribution in [-0.2, 0) is 24.4 Å². The van der Waals surface area contributed by atoms with Gasteiger partial charge in [-0.2, -0.15) is 4.58 Å². The molecular weight excluding hydrogens is 523 g/mol. The Labute approximate surface area is 238 Å². The third-order valence-electron chi connectivity index (χ3n) is 7.88. The summed E-state index contributed by atoms with van der Waals surface area (Å²) in [5.41, 5.74) is 6.93. The molecule has 0 bridgehead atoms. The van der Waals surface area contributed by atoms with Gasteiger partial charge in [-0.3, -0.25) is 9.05 Å². The summed E-state index contributed by atoms with van der Waals surface area (Å²) in [5, 5.41) is 9.47. The van der Waals surface area contributed by atoms with Crippen LogP contribution in [0.2, 0.25) is 0 Å². The van der Waals surface area contributed by atoms with E-state index in [0.29, 0.717) is 19.4 Å². The van der Waals surface area contributed by atoms with Gasteiger partial charge in [0, 0.05) is 61.2 Å². The molecular formula is C32H42N2O5P+. The van der Waals surface area contributed by atoms with Crippen LogP contribution < -0.4 is 4.90 Å². The second-order valence-electron chi connectivity index (χ2n) is 11.2. The second-order valence-corrected chi connectivity index (χ2v) is 12.7. The van der Waals surface area contributed by atoms with Crippen molar-refractivity contribution in [1.29, 1.82) is 0 Å². The second kappa shape index (κ2) is 12.4. The quantitative estimate of drug-likeness (QED) is 0.134. The predicted molar refractivity (Wildman–Crippen MR) is 162 cm³/mol. The topological polar surface area (TPSA) is 82.2 Å². The van der Waals surface area contributed by atoms with Crippen molar-refractivity contribution < 1.29 is 28.2 Å². The predicted octanol–water partition coefficient (Wildman–Crippen LogP) is 6.39. The lowest BCUT2D eigenvalue weighted by atomic mass is 9.81. The summed E-state index contributed by atoms with van der Waals surface area (Å²) in [7, 11) is -2.82. The molecule has 214 valence electrons.